The topological polar surface area (TPSA) is 102 Å². The van der Waals surface area contributed by atoms with Crippen LogP contribution in [-0.4, -0.2) is 33.2 Å². The Kier molecular flexibility index (Phi) is 3.24. The van der Waals surface area contributed by atoms with E-state index < -0.39 is 28.2 Å². The fraction of sp³-hybridized carbons (Fsp3) is 0.333. The maximum Gasteiger partial charge on any atom is 0.342 e. The number of aromatic nitrogens is 2. The predicted molar refractivity (Wildman–Crippen MR) is 93.3 cm³/mol. The molecule has 4 rings (SSSR count). The SMILES string of the molecule is CCn1c(=O)c(C(=O)O)cn(-c2ccc3c(c2)C2(CC2)C(=O)N3C)c1=O. The van der Waals surface area contributed by atoms with Crippen LogP contribution in [0.1, 0.15) is 35.7 Å². The molecule has 1 spiro atoms. The second-order valence-electron chi connectivity index (χ2n) is 6.70. The summed E-state index contributed by atoms with van der Waals surface area (Å²) >= 11 is 0. The Bertz CT molecular complexity index is 1090. The number of carbonyl (C=O) groups is 2. The molecule has 0 saturated heterocycles. The number of hydrogen-bond donors (Lipinski definition) is 1. The quantitative estimate of drug-likeness (QED) is 0.874. The van der Waals surface area contributed by atoms with Gasteiger partial charge in [0.25, 0.3) is 5.56 Å². The van der Waals surface area contributed by atoms with Gasteiger partial charge in [-0.05, 0) is 43.5 Å². The molecule has 1 aliphatic carbocycles. The molecule has 0 radical (unpaired) electrons. The second-order valence-corrected chi connectivity index (χ2v) is 6.70. The summed E-state index contributed by atoms with van der Waals surface area (Å²) in [6, 6.07) is 5.16. The minimum absolute atomic E-state index is 0.0433. The first-order valence-corrected chi connectivity index (χ1v) is 8.34. The molecule has 134 valence electrons. The van der Waals surface area contributed by atoms with Crippen molar-refractivity contribution >= 4 is 17.6 Å². The summed E-state index contributed by atoms with van der Waals surface area (Å²) in [5, 5.41) is 9.29. The molecular weight excluding hydrogens is 338 g/mol. The summed E-state index contributed by atoms with van der Waals surface area (Å²) in [6.45, 7) is 1.67. The Labute approximate surface area is 147 Å². The molecule has 1 N–H and O–H groups in total. The molecule has 1 aromatic carbocycles. The van der Waals surface area contributed by atoms with Gasteiger partial charge < -0.3 is 10.0 Å². The zero-order valence-electron chi connectivity index (χ0n) is 14.4. The highest BCUT2D eigenvalue weighted by molar-refractivity contribution is 6.10. The van der Waals surface area contributed by atoms with Gasteiger partial charge in [0.05, 0.1) is 11.1 Å². The van der Waals surface area contributed by atoms with Crippen LogP contribution in [0.3, 0.4) is 0 Å². The molecule has 0 atom stereocenters. The molecule has 2 aliphatic rings. The first-order chi connectivity index (χ1) is 12.3. The maximum absolute atomic E-state index is 12.7. The van der Waals surface area contributed by atoms with E-state index in [-0.39, 0.29) is 12.5 Å². The van der Waals surface area contributed by atoms with Crippen molar-refractivity contribution in [2.45, 2.75) is 31.7 Å². The Morgan fingerprint density at radius 3 is 2.50 bits per heavy atom. The highest BCUT2D eigenvalue weighted by Gasteiger charge is 2.58. The summed E-state index contributed by atoms with van der Waals surface area (Å²) in [5.41, 5.74) is -0.333. The third kappa shape index (κ3) is 1.95. The van der Waals surface area contributed by atoms with Crippen LogP contribution in [0.4, 0.5) is 5.69 Å². The molecule has 1 aromatic heterocycles. The van der Waals surface area contributed by atoms with Crippen molar-refractivity contribution in [3.8, 4) is 5.69 Å². The highest BCUT2D eigenvalue weighted by Crippen LogP contribution is 2.57. The lowest BCUT2D eigenvalue weighted by Gasteiger charge is -2.13. The Morgan fingerprint density at radius 1 is 1.23 bits per heavy atom. The van der Waals surface area contributed by atoms with Crippen LogP contribution < -0.4 is 16.1 Å². The number of aromatic carboxylic acids is 1. The number of carboxylic acids is 1. The minimum atomic E-state index is -1.39. The van der Waals surface area contributed by atoms with Gasteiger partial charge in [-0.2, -0.15) is 0 Å². The van der Waals surface area contributed by atoms with Gasteiger partial charge in [-0.1, -0.05) is 0 Å². The van der Waals surface area contributed by atoms with E-state index in [2.05, 4.69) is 0 Å². The number of amides is 1. The van der Waals surface area contributed by atoms with Gasteiger partial charge >= 0.3 is 11.7 Å². The van der Waals surface area contributed by atoms with E-state index in [0.29, 0.717) is 5.69 Å². The molecule has 0 bridgehead atoms. The van der Waals surface area contributed by atoms with Crippen molar-refractivity contribution < 1.29 is 14.7 Å². The molecule has 8 nitrogen and oxygen atoms in total. The van der Waals surface area contributed by atoms with Gasteiger partial charge in [-0.25, -0.2) is 9.59 Å². The van der Waals surface area contributed by atoms with Crippen molar-refractivity contribution in [2.75, 3.05) is 11.9 Å². The van der Waals surface area contributed by atoms with Crippen molar-refractivity contribution in [1.82, 2.24) is 9.13 Å². The molecule has 1 fully saturated rings. The van der Waals surface area contributed by atoms with Crippen LogP contribution in [-0.2, 0) is 16.8 Å². The average Bonchev–Trinajstić information content (AvgIpc) is 3.39. The monoisotopic (exact) mass is 355 g/mol. The van der Waals surface area contributed by atoms with Gasteiger partial charge in [0.1, 0.15) is 5.56 Å². The summed E-state index contributed by atoms with van der Waals surface area (Å²) in [4.78, 5) is 50.3. The summed E-state index contributed by atoms with van der Waals surface area (Å²) in [6.07, 6.45) is 2.58. The van der Waals surface area contributed by atoms with Crippen molar-refractivity contribution in [3.05, 3.63) is 56.4 Å². The fourth-order valence-electron chi connectivity index (χ4n) is 3.72. The van der Waals surface area contributed by atoms with E-state index in [1.807, 2.05) is 0 Å². The summed E-state index contributed by atoms with van der Waals surface area (Å²) < 4.78 is 2.05. The predicted octanol–water partition coefficient (Wildman–Crippen LogP) is 0.725. The third-order valence-electron chi connectivity index (χ3n) is 5.32. The summed E-state index contributed by atoms with van der Waals surface area (Å²) in [5.74, 6) is -1.34. The van der Waals surface area contributed by atoms with E-state index >= 15 is 0 Å². The number of fused-ring (bicyclic) bond motifs is 2. The van der Waals surface area contributed by atoms with E-state index in [1.54, 1.807) is 37.1 Å². The number of hydrogen-bond acceptors (Lipinski definition) is 4. The molecule has 1 saturated carbocycles. The van der Waals surface area contributed by atoms with Crippen LogP contribution in [0.15, 0.2) is 34.0 Å². The van der Waals surface area contributed by atoms with Crippen molar-refractivity contribution in [2.24, 2.45) is 0 Å². The number of likely N-dealkylation sites (N-methyl/N-ethyl adjacent to an activating group) is 1. The van der Waals surface area contributed by atoms with Crippen LogP contribution in [0.2, 0.25) is 0 Å². The minimum Gasteiger partial charge on any atom is -0.477 e. The molecule has 2 aromatic rings. The average molecular weight is 355 g/mol. The number of rotatable bonds is 3. The smallest absolute Gasteiger partial charge is 0.342 e. The standard InChI is InChI=1S/C18H17N3O5/c1-3-20-14(22)11(15(23)24)9-21(17(20)26)10-4-5-13-12(8-10)18(6-7-18)16(25)19(13)2/h4-5,8-9H,3,6-7H2,1-2H3,(H,23,24). The van der Waals surface area contributed by atoms with E-state index in [9.17, 15) is 24.3 Å². The van der Waals surface area contributed by atoms with Gasteiger partial charge in [0.15, 0.2) is 0 Å². The number of benzene rings is 1. The van der Waals surface area contributed by atoms with E-state index in [4.69, 9.17) is 0 Å². The van der Waals surface area contributed by atoms with Gasteiger partial charge in [0, 0.05) is 25.5 Å². The highest BCUT2D eigenvalue weighted by atomic mass is 16.4. The zero-order chi connectivity index (χ0) is 18.8. The van der Waals surface area contributed by atoms with Crippen LogP contribution in [0.25, 0.3) is 5.69 Å². The maximum atomic E-state index is 12.7. The second kappa shape index (κ2) is 5.17. The van der Waals surface area contributed by atoms with Gasteiger partial charge in [-0.3, -0.25) is 18.7 Å². The first-order valence-electron chi connectivity index (χ1n) is 8.34. The van der Waals surface area contributed by atoms with Gasteiger partial charge in [0.2, 0.25) is 5.91 Å². The lowest BCUT2D eigenvalue weighted by Crippen LogP contribution is -2.41. The third-order valence-corrected chi connectivity index (χ3v) is 5.32. The largest absolute Gasteiger partial charge is 0.477 e. The molecule has 26 heavy (non-hydrogen) atoms. The number of carbonyl (C=O) groups excluding carboxylic acids is 1. The van der Waals surface area contributed by atoms with Crippen LogP contribution in [0, 0.1) is 0 Å². The number of anilines is 1. The van der Waals surface area contributed by atoms with E-state index in [0.717, 1.165) is 39.4 Å². The Balaban J connectivity index is 1.96. The molecule has 8 heteroatoms. The molecule has 0 unspecified atom stereocenters. The van der Waals surface area contributed by atoms with Crippen molar-refractivity contribution in [1.29, 1.82) is 0 Å². The summed E-state index contributed by atoms with van der Waals surface area (Å²) in [7, 11) is 1.72. The number of nitrogens with zero attached hydrogens (tertiary/aromatic N) is 3. The Hall–Kier alpha value is -3.16. The normalized spacial score (nSPS) is 16.8. The van der Waals surface area contributed by atoms with Gasteiger partial charge in [-0.15, -0.1) is 0 Å². The number of carboxylic acid groups (broad SMARTS) is 1. The fourth-order valence-corrected chi connectivity index (χ4v) is 3.72. The van der Waals surface area contributed by atoms with E-state index in [1.165, 1.54) is 0 Å². The molecule has 1 amide bonds. The lowest BCUT2D eigenvalue weighted by atomic mass is 9.97. The molecular formula is C18H17N3O5. The van der Waals surface area contributed by atoms with Crippen LogP contribution in [0.5, 0.6) is 0 Å². The zero-order valence-corrected chi connectivity index (χ0v) is 14.4. The van der Waals surface area contributed by atoms with Crippen molar-refractivity contribution in [3.63, 3.8) is 0 Å². The Morgan fingerprint density at radius 2 is 1.92 bits per heavy atom. The lowest BCUT2D eigenvalue weighted by molar-refractivity contribution is -0.119. The molecule has 1 aliphatic heterocycles. The molecule has 2 heterocycles. The first kappa shape index (κ1) is 16.3. The van der Waals surface area contributed by atoms with Crippen LogP contribution >= 0.6 is 0 Å².